The standard InChI is InChI=1S/C75H137N3O31/c1-6-7-8-9-10-11-12-13-14-15-16-17-18-19-20-23-27-30-33-36-49(83)69(97)77-47(59(89)48(82)35-32-29-26-24-21-22-25-28-31-34-44(2)3)41-102-71-66(96)64(94)62(92)54(106-71)42-104-74(72(98)99)38-53(57(76-46(5)81)68(108-74)61(91)52(86)40-80)107-75(73(100)101)37-50(84)56(67(109-75)60(90)51(85)39-79)78-55(87)43-103-70-65(95)63(93)58(88)45(4)105-70/h44-45,47-54,56-68,70-71,79-80,82-86,88-96H,6-43H2,1-5H3,(H,76,81)(H,77,97)(H,78,87)(H,98,99)(H,100,101). The second-order valence-corrected chi connectivity index (χ2v) is 30.9. The molecule has 0 spiro atoms. The molecule has 0 bridgehead atoms. The second kappa shape index (κ2) is 51.4. The Morgan fingerprint density at radius 3 is 1.41 bits per heavy atom. The summed E-state index contributed by atoms with van der Waals surface area (Å²) in [5.74, 6) is -13.6. The van der Waals surface area contributed by atoms with Crippen LogP contribution in [0.4, 0.5) is 0 Å². The van der Waals surface area contributed by atoms with Crippen molar-refractivity contribution in [1.29, 1.82) is 0 Å². The molecule has 0 aromatic heterocycles. The molecular formula is C75H137N3O31. The van der Waals surface area contributed by atoms with Gasteiger partial charge >= 0.3 is 11.9 Å². The molecule has 4 saturated heterocycles. The van der Waals surface area contributed by atoms with Crippen molar-refractivity contribution in [1.82, 2.24) is 16.0 Å². The topological polar surface area (TPSA) is 559 Å². The third-order valence-electron chi connectivity index (χ3n) is 21.2. The molecule has 3 amide bonds. The van der Waals surface area contributed by atoms with E-state index in [1.807, 2.05) is 0 Å². The molecule has 21 N–H and O–H groups in total. The van der Waals surface area contributed by atoms with Gasteiger partial charge in [0.2, 0.25) is 17.7 Å². The van der Waals surface area contributed by atoms with Crippen LogP contribution in [0.5, 0.6) is 0 Å². The molecule has 0 aliphatic carbocycles. The van der Waals surface area contributed by atoms with Gasteiger partial charge in [-0.25, -0.2) is 9.59 Å². The molecule has 638 valence electrons. The van der Waals surface area contributed by atoms with E-state index < -0.39 is 234 Å². The van der Waals surface area contributed by atoms with E-state index in [-0.39, 0.29) is 12.8 Å². The lowest BCUT2D eigenvalue weighted by Crippen LogP contribution is -2.72. The molecular weight excluding hydrogens is 1440 g/mol. The highest BCUT2D eigenvalue weighted by Crippen LogP contribution is 2.42. The van der Waals surface area contributed by atoms with Gasteiger partial charge in [0.1, 0.15) is 98.2 Å². The number of rotatable bonds is 57. The van der Waals surface area contributed by atoms with Crippen LogP contribution in [0.1, 0.15) is 247 Å². The Morgan fingerprint density at radius 2 is 0.945 bits per heavy atom. The van der Waals surface area contributed by atoms with Crippen LogP contribution in [0, 0.1) is 5.92 Å². The molecule has 4 heterocycles. The number of carbonyl (C=O) groups excluding carboxylic acids is 3. The maximum Gasteiger partial charge on any atom is 0.364 e. The quantitative estimate of drug-likeness (QED) is 0.0364. The lowest BCUT2D eigenvalue weighted by atomic mass is 9.86. The summed E-state index contributed by atoms with van der Waals surface area (Å²) in [4.78, 5) is 67.7. The van der Waals surface area contributed by atoms with Crippen LogP contribution < -0.4 is 16.0 Å². The first-order valence-corrected chi connectivity index (χ1v) is 40.1. The predicted molar refractivity (Wildman–Crippen MR) is 389 cm³/mol. The Balaban J connectivity index is 1.53. The van der Waals surface area contributed by atoms with Crippen LogP contribution >= 0.6 is 0 Å². The Bertz CT molecular complexity index is 2540. The van der Waals surface area contributed by atoms with E-state index in [2.05, 4.69) is 36.7 Å². The van der Waals surface area contributed by atoms with E-state index in [1.54, 1.807) is 0 Å². The van der Waals surface area contributed by atoms with Crippen molar-refractivity contribution in [3.8, 4) is 0 Å². The fraction of sp³-hybridized carbons (Fsp3) is 0.933. The van der Waals surface area contributed by atoms with Crippen molar-refractivity contribution in [2.24, 2.45) is 5.92 Å². The second-order valence-electron chi connectivity index (χ2n) is 30.9. The molecule has 34 nitrogen and oxygen atoms in total. The van der Waals surface area contributed by atoms with Crippen molar-refractivity contribution in [2.75, 3.05) is 33.0 Å². The van der Waals surface area contributed by atoms with E-state index in [4.69, 9.17) is 37.9 Å². The molecule has 4 aliphatic heterocycles. The minimum absolute atomic E-state index is 0.0550. The average molecular weight is 1580 g/mol. The van der Waals surface area contributed by atoms with Crippen LogP contribution in [-0.2, 0) is 61.9 Å². The normalized spacial score (nSPS) is 31.1. The maximum absolute atomic E-state index is 13.8. The fourth-order valence-electron chi connectivity index (χ4n) is 14.4. The first kappa shape index (κ1) is 97.8. The molecule has 109 heavy (non-hydrogen) atoms. The number of hydrogen-bond donors (Lipinski definition) is 21. The molecule has 26 unspecified atom stereocenters. The Morgan fingerprint density at radius 1 is 0.505 bits per heavy atom. The molecule has 4 fully saturated rings. The van der Waals surface area contributed by atoms with Crippen molar-refractivity contribution in [3.63, 3.8) is 0 Å². The smallest absolute Gasteiger partial charge is 0.364 e. The largest absolute Gasteiger partial charge is 0.477 e. The van der Waals surface area contributed by atoms with Gasteiger partial charge in [-0.2, -0.15) is 0 Å². The summed E-state index contributed by atoms with van der Waals surface area (Å²) < 4.78 is 46.1. The lowest BCUT2D eigenvalue weighted by molar-refractivity contribution is -0.365. The van der Waals surface area contributed by atoms with Gasteiger partial charge < -0.3 is 146 Å². The number of carbonyl (C=O) groups is 5. The predicted octanol–water partition coefficient (Wildman–Crippen LogP) is 0.311. The Kier molecular flexibility index (Phi) is 46.1. The summed E-state index contributed by atoms with van der Waals surface area (Å²) in [6.07, 6.45) is -12.8. The molecule has 0 aromatic carbocycles. The number of amides is 3. The van der Waals surface area contributed by atoms with Crippen molar-refractivity contribution >= 4 is 29.7 Å². The highest BCUT2D eigenvalue weighted by Gasteiger charge is 2.63. The lowest BCUT2D eigenvalue weighted by Gasteiger charge is -2.52. The van der Waals surface area contributed by atoms with E-state index >= 15 is 0 Å². The monoisotopic (exact) mass is 1580 g/mol. The van der Waals surface area contributed by atoms with Gasteiger partial charge in [0.25, 0.3) is 11.6 Å². The summed E-state index contributed by atoms with van der Waals surface area (Å²) in [7, 11) is 0. The minimum Gasteiger partial charge on any atom is -0.477 e. The van der Waals surface area contributed by atoms with E-state index in [0.29, 0.717) is 18.8 Å². The number of carboxylic acid groups (broad SMARTS) is 2. The van der Waals surface area contributed by atoms with Crippen molar-refractivity contribution in [3.05, 3.63) is 0 Å². The molecule has 26 atom stereocenters. The first-order valence-electron chi connectivity index (χ1n) is 40.1. The van der Waals surface area contributed by atoms with Gasteiger partial charge in [0.15, 0.2) is 12.6 Å². The van der Waals surface area contributed by atoms with Gasteiger partial charge in [0, 0.05) is 19.8 Å². The molecule has 34 heteroatoms. The zero-order valence-corrected chi connectivity index (χ0v) is 64.7. The number of carboxylic acids is 2. The zero-order chi connectivity index (χ0) is 81.0. The number of hydrogen-bond acceptors (Lipinski definition) is 29. The average Bonchev–Trinajstić information content (AvgIpc) is 0.743. The van der Waals surface area contributed by atoms with Gasteiger partial charge in [-0.05, 0) is 25.7 Å². The van der Waals surface area contributed by atoms with Gasteiger partial charge in [-0.1, -0.05) is 207 Å². The number of aliphatic hydroxyl groups is 16. The first-order chi connectivity index (χ1) is 51.8. The van der Waals surface area contributed by atoms with Gasteiger partial charge in [-0.3, -0.25) is 14.4 Å². The van der Waals surface area contributed by atoms with Crippen molar-refractivity contribution in [2.45, 2.75) is 405 Å². The summed E-state index contributed by atoms with van der Waals surface area (Å²) in [5, 5.41) is 205. The van der Waals surface area contributed by atoms with Crippen molar-refractivity contribution < 1.29 is 154 Å². The zero-order valence-electron chi connectivity index (χ0n) is 64.7. The van der Waals surface area contributed by atoms with Gasteiger partial charge in [-0.15, -0.1) is 0 Å². The molecule has 0 radical (unpaired) electrons. The number of aliphatic hydroxyl groups excluding tert-OH is 16. The van der Waals surface area contributed by atoms with Crippen LogP contribution in [0.25, 0.3) is 0 Å². The summed E-state index contributed by atoms with van der Waals surface area (Å²) in [6, 6.07) is -5.57. The third-order valence-corrected chi connectivity index (χ3v) is 21.2. The van der Waals surface area contributed by atoms with Crippen LogP contribution in [-0.4, -0.2) is 313 Å². The minimum atomic E-state index is -3.41. The third kappa shape index (κ3) is 32.2. The van der Waals surface area contributed by atoms with Crippen LogP contribution in [0.2, 0.25) is 0 Å². The number of nitrogens with one attached hydrogen (secondary N) is 3. The SMILES string of the molecule is CCCCCCCCCCCCCCCCCCCCCC(O)C(=O)NC(COC1OC(COC2(C(=O)O)CC(OC3(C(=O)O)CC(O)C(NC(=O)COC4OC(C)C(O)C(O)C4O)C(C(O)C(O)CO)O3)C(NC(C)=O)C(C(O)C(O)CO)O2)C(O)C(O)C1O)C(O)C(O)CCCCCCCCCCCC(C)C. The highest BCUT2D eigenvalue weighted by molar-refractivity contribution is 5.81. The van der Waals surface area contributed by atoms with E-state index in [0.717, 1.165) is 77.6 Å². The Labute approximate surface area is 640 Å². The van der Waals surface area contributed by atoms with E-state index in [9.17, 15) is 116 Å². The maximum atomic E-state index is 13.8. The number of ether oxygens (including phenoxy) is 8. The molecule has 0 saturated carbocycles. The molecule has 0 aromatic rings. The van der Waals surface area contributed by atoms with E-state index in [1.165, 1.54) is 110 Å². The summed E-state index contributed by atoms with van der Waals surface area (Å²) >= 11 is 0. The highest BCUT2D eigenvalue weighted by atomic mass is 16.8. The molecule has 4 rings (SSSR count). The number of aliphatic carboxylic acids is 2. The summed E-state index contributed by atoms with van der Waals surface area (Å²) in [5.41, 5.74) is 0. The summed E-state index contributed by atoms with van der Waals surface area (Å²) in [6.45, 7) is 3.20. The fourth-order valence-corrected chi connectivity index (χ4v) is 14.4. The van der Waals surface area contributed by atoms with Crippen LogP contribution in [0.3, 0.4) is 0 Å². The number of unbranched alkanes of at least 4 members (excludes halogenated alkanes) is 26. The molecule has 4 aliphatic rings. The van der Waals surface area contributed by atoms with Gasteiger partial charge in [0.05, 0.1) is 69.0 Å². The Hall–Kier alpha value is -3.61. The van der Waals surface area contributed by atoms with Crippen LogP contribution in [0.15, 0.2) is 0 Å².